The molecular formula is C14H20N2O2. The third-order valence-corrected chi connectivity index (χ3v) is 3.71. The second-order valence-electron chi connectivity index (χ2n) is 4.85. The lowest BCUT2D eigenvalue weighted by Crippen LogP contribution is -2.44. The van der Waals surface area contributed by atoms with Gasteiger partial charge in [0.1, 0.15) is 5.75 Å². The molecular weight excluding hydrogens is 228 g/mol. The Kier molecular flexibility index (Phi) is 3.87. The zero-order chi connectivity index (χ0) is 13.1. The molecule has 1 aromatic rings. The van der Waals surface area contributed by atoms with Crippen molar-refractivity contribution in [2.45, 2.75) is 25.8 Å². The molecule has 1 amide bonds. The van der Waals surface area contributed by atoms with Gasteiger partial charge in [-0.15, -0.1) is 0 Å². The molecule has 0 radical (unpaired) electrons. The molecule has 1 saturated heterocycles. The summed E-state index contributed by atoms with van der Waals surface area (Å²) in [5.41, 5.74) is 1.25. The number of rotatable bonds is 2. The monoisotopic (exact) mass is 248 g/mol. The molecule has 0 aliphatic carbocycles. The highest BCUT2D eigenvalue weighted by Gasteiger charge is 2.24. The summed E-state index contributed by atoms with van der Waals surface area (Å²) >= 11 is 0. The van der Waals surface area contributed by atoms with E-state index >= 15 is 0 Å². The predicted octanol–water partition coefficient (Wildman–Crippen LogP) is 1.52. The topological polar surface area (TPSA) is 52.6 Å². The van der Waals surface area contributed by atoms with Crippen molar-refractivity contribution in [2.24, 2.45) is 0 Å². The zero-order valence-corrected chi connectivity index (χ0v) is 10.9. The predicted molar refractivity (Wildman–Crippen MR) is 70.8 cm³/mol. The molecule has 0 atom stereocenters. The Morgan fingerprint density at radius 1 is 1.39 bits per heavy atom. The largest absolute Gasteiger partial charge is 0.508 e. The molecule has 0 bridgehead atoms. The Balaban J connectivity index is 2.17. The summed E-state index contributed by atoms with van der Waals surface area (Å²) in [6.45, 7) is 3.70. The minimum Gasteiger partial charge on any atom is -0.508 e. The Morgan fingerprint density at radius 3 is 2.72 bits per heavy atom. The van der Waals surface area contributed by atoms with E-state index in [1.807, 2.05) is 11.9 Å². The van der Waals surface area contributed by atoms with Crippen LogP contribution in [-0.2, 0) is 0 Å². The van der Waals surface area contributed by atoms with Gasteiger partial charge in [0, 0.05) is 24.2 Å². The van der Waals surface area contributed by atoms with Gasteiger partial charge in [-0.3, -0.25) is 4.79 Å². The molecule has 1 heterocycles. The summed E-state index contributed by atoms with van der Waals surface area (Å²) in [4.78, 5) is 14.2. The number of carbonyl (C=O) groups excluding carboxylic acids is 1. The summed E-state index contributed by atoms with van der Waals surface area (Å²) in [6.07, 6.45) is 1.97. The number of nitrogens with zero attached hydrogens (tertiary/aromatic N) is 1. The molecule has 98 valence electrons. The molecule has 0 aromatic heterocycles. The van der Waals surface area contributed by atoms with E-state index < -0.39 is 0 Å². The Morgan fingerprint density at radius 2 is 2.06 bits per heavy atom. The van der Waals surface area contributed by atoms with Crippen LogP contribution in [0.2, 0.25) is 0 Å². The average molecular weight is 248 g/mol. The van der Waals surface area contributed by atoms with Crippen molar-refractivity contribution in [3.05, 3.63) is 29.3 Å². The lowest BCUT2D eigenvalue weighted by Gasteiger charge is -2.32. The first-order chi connectivity index (χ1) is 8.61. The molecule has 4 heteroatoms. The van der Waals surface area contributed by atoms with Crippen LogP contribution in [0.3, 0.4) is 0 Å². The molecule has 1 aliphatic heterocycles. The van der Waals surface area contributed by atoms with Crippen LogP contribution in [0.15, 0.2) is 18.2 Å². The summed E-state index contributed by atoms with van der Waals surface area (Å²) in [5.74, 6) is 0.176. The molecule has 2 N–H and O–H groups in total. The highest BCUT2D eigenvalue weighted by molar-refractivity contribution is 5.96. The maximum Gasteiger partial charge on any atom is 0.254 e. The van der Waals surface area contributed by atoms with Gasteiger partial charge in [0.2, 0.25) is 0 Å². The first-order valence-electron chi connectivity index (χ1n) is 6.37. The minimum absolute atomic E-state index is 0.00435. The number of benzene rings is 1. The van der Waals surface area contributed by atoms with Crippen molar-refractivity contribution < 1.29 is 9.90 Å². The second kappa shape index (κ2) is 5.40. The van der Waals surface area contributed by atoms with E-state index in [9.17, 15) is 9.90 Å². The summed E-state index contributed by atoms with van der Waals surface area (Å²) < 4.78 is 0. The van der Waals surface area contributed by atoms with E-state index in [4.69, 9.17) is 0 Å². The minimum atomic E-state index is -0.00435. The lowest BCUT2D eigenvalue weighted by atomic mass is 10.0. The summed E-state index contributed by atoms with van der Waals surface area (Å²) in [7, 11) is 1.85. The van der Waals surface area contributed by atoms with Crippen LogP contribution in [0.25, 0.3) is 0 Å². The fraction of sp³-hybridized carbons (Fsp3) is 0.500. The maximum absolute atomic E-state index is 12.4. The fourth-order valence-corrected chi connectivity index (χ4v) is 2.40. The van der Waals surface area contributed by atoms with Gasteiger partial charge in [0.25, 0.3) is 5.91 Å². The van der Waals surface area contributed by atoms with E-state index in [0.717, 1.165) is 25.9 Å². The molecule has 2 rings (SSSR count). The van der Waals surface area contributed by atoms with Gasteiger partial charge < -0.3 is 15.3 Å². The van der Waals surface area contributed by atoms with Gasteiger partial charge in [0.15, 0.2) is 0 Å². The zero-order valence-electron chi connectivity index (χ0n) is 10.9. The SMILES string of the molecule is Cc1c(O)cccc1C(=O)N(C)C1CCNCC1. The third-order valence-electron chi connectivity index (χ3n) is 3.71. The van der Waals surface area contributed by atoms with Crippen molar-refractivity contribution >= 4 is 5.91 Å². The average Bonchev–Trinajstić information content (AvgIpc) is 2.41. The van der Waals surface area contributed by atoms with Gasteiger partial charge in [-0.1, -0.05) is 6.07 Å². The molecule has 1 fully saturated rings. The number of hydrogen-bond acceptors (Lipinski definition) is 3. The van der Waals surface area contributed by atoms with Crippen LogP contribution in [0.1, 0.15) is 28.8 Å². The molecule has 4 nitrogen and oxygen atoms in total. The number of phenols is 1. The van der Waals surface area contributed by atoms with E-state index in [0.29, 0.717) is 17.2 Å². The van der Waals surface area contributed by atoms with Crippen molar-refractivity contribution in [1.82, 2.24) is 10.2 Å². The number of hydrogen-bond donors (Lipinski definition) is 2. The molecule has 0 saturated carbocycles. The van der Waals surface area contributed by atoms with Crippen molar-refractivity contribution in [3.8, 4) is 5.75 Å². The molecule has 1 aliphatic rings. The van der Waals surface area contributed by atoms with Crippen molar-refractivity contribution in [1.29, 1.82) is 0 Å². The lowest BCUT2D eigenvalue weighted by molar-refractivity contribution is 0.0702. The number of amides is 1. The number of carbonyl (C=O) groups is 1. The van der Waals surface area contributed by atoms with Crippen LogP contribution < -0.4 is 5.32 Å². The van der Waals surface area contributed by atoms with Gasteiger partial charge in [-0.05, 0) is 45.0 Å². The number of phenolic OH excluding ortho intramolecular Hbond substituents is 1. The van der Waals surface area contributed by atoms with E-state index in [1.54, 1.807) is 25.1 Å². The van der Waals surface area contributed by atoms with Gasteiger partial charge in [0.05, 0.1) is 0 Å². The highest BCUT2D eigenvalue weighted by Crippen LogP contribution is 2.22. The Bertz CT molecular complexity index is 439. The number of piperidine rings is 1. The summed E-state index contributed by atoms with van der Waals surface area (Å²) in [6, 6.07) is 5.39. The molecule has 18 heavy (non-hydrogen) atoms. The molecule has 1 aromatic carbocycles. The van der Waals surface area contributed by atoms with Gasteiger partial charge in [-0.25, -0.2) is 0 Å². The van der Waals surface area contributed by atoms with Crippen molar-refractivity contribution in [2.75, 3.05) is 20.1 Å². The number of aromatic hydroxyl groups is 1. The van der Waals surface area contributed by atoms with Crippen molar-refractivity contribution in [3.63, 3.8) is 0 Å². The maximum atomic E-state index is 12.4. The molecule has 0 spiro atoms. The van der Waals surface area contributed by atoms with Gasteiger partial charge >= 0.3 is 0 Å². The first-order valence-corrected chi connectivity index (χ1v) is 6.37. The first kappa shape index (κ1) is 12.9. The number of nitrogens with one attached hydrogen (secondary N) is 1. The standard InChI is InChI=1S/C14H20N2O2/c1-10-12(4-3-5-13(10)17)14(18)16(2)11-6-8-15-9-7-11/h3-5,11,15,17H,6-9H2,1-2H3. The van der Waals surface area contributed by atoms with Crippen LogP contribution in [0.4, 0.5) is 0 Å². The van der Waals surface area contributed by atoms with Crippen LogP contribution >= 0.6 is 0 Å². The third kappa shape index (κ3) is 2.48. The van der Waals surface area contributed by atoms with Crippen LogP contribution in [0, 0.1) is 6.92 Å². The highest BCUT2D eigenvalue weighted by atomic mass is 16.3. The Hall–Kier alpha value is -1.55. The van der Waals surface area contributed by atoms with Gasteiger partial charge in [-0.2, -0.15) is 0 Å². The summed E-state index contributed by atoms with van der Waals surface area (Å²) in [5, 5.41) is 13.0. The quantitative estimate of drug-likeness (QED) is 0.834. The fourth-order valence-electron chi connectivity index (χ4n) is 2.40. The van der Waals surface area contributed by atoms with Crippen LogP contribution in [0.5, 0.6) is 5.75 Å². The molecule has 0 unspecified atom stereocenters. The smallest absolute Gasteiger partial charge is 0.254 e. The second-order valence-corrected chi connectivity index (χ2v) is 4.85. The Labute approximate surface area is 108 Å². The van der Waals surface area contributed by atoms with Crippen LogP contribution in [-0.4, -0.2) is 42.1 Å². The van der Waals surface area contributed by atoms with E-state index in [2.05, 4.69) is 5.32 Å². The van der Waals surface area contributed by atoms with E-state index in [1.165, 1.54) is 0 Å². The normalized spacial score (nSPS) is 16.6. The van der Waals surface area contributed by atoms with E-state index in [-0.39, 0.29) is 11.7 Å².